The maximum Gasteiger partial charge on any atom is 0.337 e. The van der Waals surface area contributed by atoms with Gasteiger partial charge in [-0.1, -0.05) is 32.0 Å². The number of carbonyl (C=O) groups is 2. The summed E-state index contributed by atoms with van der Waals surface area (Å²) in [4.78, 5) is 29.2. The van der Waals surface area contributed by atoms with Gasteiger partial charge in [-0.25, -0.2) is 13.6 Å². The van der Waals surface area contributed by atoms with E-state index in [1.54, 1.807) is 38.1 Å². The molecule has 8 heteroatoms. The highest BCUT2D eigenvalue weighted by molar-refractivity contribution is 6.05. The first-order chi connectivity index (χ1) is 13.3. The van der Waals surface area contributed by atoms with Crippen LogP contribution in [0.1, 0.15) is 24.2 Å². The molecule has 1 aromatic heterocycles. The fourth-order valence-electron chi connectivity index (χ4n) is 2.26. The van der Waals surface area contributed by atoms with Gasteiger partial charge in [-0.2, -0.15) is 0 Å². The zero-order valence-electron chi connectivity index (χ0n) is 15.0. The summed E-state index contributed by atoms with van der Waals surface area (Å²) in [6.45, 7) is 3.26. The predicted molar refractivity (Wildman–Crippen MR) is 97.0 cm³/mol. The number of benzene rings is 2. The lowest BCUT2D eigenvalue weighted by Crippen LogP contribution is -2.23. The lowest BCUT2D eigenvalue weighted by Gasteiger charge is -2.07. The summed E-state index contributed by atoms with van der Waals surface area (Å²) in [5.41, 5.74) is 0.196. The van der Waals surface area contributed by atoms with Gasteiger partial charge in [0.25, 0.3) is 11.5 Å². The number of rotatable bonds is 4. The van der Waals surface area contributed by atoms with E-state index in [-0.39, 0.29) is 16.8 Å². The topological polar surface area (TPSA) is 80.9 Å². The summed E-state index contributed by atoms with van der Waals surface area (Å²) in [6.07, 6.45) is 0. The first-order valence-electron chi connectivity index (χ1n) is 8.39. The quantitative estimate of drug-likeness (QED) is 0.543. The van der Waals surface area contributed by atoms with E-state index in [4.69, 9.17) is 9.25 Å². The number of fused-ring (bicyclic) bond motifs is 1. The Morgan fingerprint density at radius 1 is 1.07 bits per heavy atom. The predicted octanol–water partition coefficient (Wildman–Crippen LogP) is 3.98. The van der Waals surface area contributed by atoms with E-state index in [0.29, 0.717) is 11.0 Å². The van der Waals surface area contributed by atoms with E-state index in [2.05, 4.69) is 10.5 Å². The molecular formula is C20H16F2N2O4. The molecule has 0 saturated heterocycles. The van der Waals surface area contributed by atoms with Crippen LogP contribution in [0.15, 0.2) is 58.1 Å². The van der Waals surface area contributed by atoms with E-state index in [1.807, 2.05) is 0 Å². The summed E-state index contributed by atoms with van der Waals surface area (Å²) < 4.78 is 32.0. The van der Waals surface area contributed by atoms with Crippen molar-refractivity contribution < 1.29 is 27.6 Å². The van der Waals surface area contributed by atoms with Gasteiger partial charge in [-0.3, -0.25) is 4.79 Å². The van der Waals surface area contributed by atoms with E-state index >= 15 is 0 Å². The van der Waals surface area contributed by atoms with Gasteiger partial charge in [0.1, 0.15) is 11.1 Å². The Morgan fingerprint density at radius 3 is 2.54 bits per heavy atom. The van der Waals surface area contributed by atoms with Gasteiger partial charge in [0.2, 0.25) is 0 Å². The first-order valence-corrected chi connectivity index (χ1v) is 8.39. The Balaban J connectivity index is 2.02. The summed E-state index contributed by atoms with van der Waals surface area (Å²) in [5, 5.41) is 6.70. The van der Waals surface area contributed by atoms with E-state index < -0.39 is 29.4 Å². The van der Waals surface area contributed by atoms with Crippen molar-refractivity contribution >= 4 is 28.5 Å². The monoisotopic (exact) mass is 386 g/mol. The highest BCUT2D eigenvalue weighted by atomic mass is 19.2. The van der Waals surface area contributed by atoms with Crippen molar-refractivity contribution in [3.8, 4) is 0 Å². The number of para-hydroxylation sites is 1. The van der Waals surface area contributed by atoms with Crippen molar-refractivity contribution in [1.29, 1.82) is 0 Å². The average molecular weight is 386 g/mol. The molecule has 0 aliphatic carbocycles. The van der Waals surface area contributed by atoms with Crippen LogP contribution in [0.3, 0.4) is 0 Å². The molecule has 0 aliphatic rings. The van der Waals surface area contributed by atoms with Crippen LogP contribution in [0.2, 0.25) is 0 Å². The lowest BCUT2D eigenvalue weighted by atomic mass is 10.1. The molecule has 1 heterocycles. The summed E-state index contributed by atoms with van der Waals surface area (Å²) in [6, 6.07) is 11.3. The molecule has 0 unspecified atom stereocenters. The molecule has 0 atom stereocenters. The smallest absolute Gasteiger partial charge is 0.337 e. The fourth-order valence-corrected chi connectivity index (χ4v) is 2.26. The minimum Gasteiger partial charge on any atom is -0.435 e. The highest BCUT2D eigenvalue weighted by Crippen LogP contribution is 2.16. The number of hydrogen-bond acceptors (Lipinski definition) is 5. The molecule has 0 radical (unpaired) electrons. The highest BCUT2D eigenvalue weighted by Gasteiger charge is 2.15. The van der Waals surface area contributed by atoms with E-state index in [1.165, 1.54) is 12.1 Å². The number of anilines is 1. The molecule has 1 amide bonds. The molecule has 0 bridgehead atoms. The Bertz CT molecular complexity index is 1120. The molecule has 144 valence electrons. The van der Waals surface area contributed by atoms with Crippen LogP contribution in [0.25, 0.3) is 11.0 Å². The van der Waals surface area contributed by atoms with Crippen molar-refractivity contribution in [2.45, 2.75) is 13.8 Å². The second-order valence-electron chi connectivity index (χ2n) is 6.24. The number of nitrogens with zero attached hydrogens (tertiary/aromatic N) is 1. The average Bonchev–Trinajstić information content (AvgIpc) is 2.68. The standard InChI is InChI=1S/C20H16F2N2O4/c1-11(2)20(26)28-24-19-14(9-12-5-3-4-6-17(12)27-19)18(25)23-13-7-8-15(21)16(22)10-13/h3-11H,1-2H3,(H,23,25)/b24-19-. The molecular weight excluding hydrogens is 370 g/mol. The fraction of sp³-hybridized carbons (Fsp3) is 0.150. The molecule has 0 saturated carbocycles. The zero-order valence-corrected chi connectivity index (χ0v) is 15.0. The Kier molecular flexibility index (Phi) is 5.49. The third-order valence-corrected chi connectivity index (χ3v) is 3.77. The minimum absolute atomic E-state index is 0.0417. The van der Waals surface area contributed by atoms with Gasteiger partial charge in [-0.05, 0) is 29.4 Å². The largest absolute Gasteiger partial charge is 0.435 e. The Labute approximate surface area is 158 Å². The molecule has 28 heavy (non-hydrogen) atoms. The Hall–Kier alpha value is -3.55. The molecule has 3 rings (SSSR count). The maximum atomic E-state index is 13.4. The van der Waals surface area contributed by atoms with Crippen molar-refractivity contribution in [2.75, 3.05) is 5.32 Å². The van der Waals surface area contributed by atoms with Crippen molar-refractivity contribution in [3.63, 3.8) is 0 Å². The van der Waals surface area contributed by atoms with Crippen molar-refractivity contribution in [2.24, 2.45) is 11.1 Å². The minimum atomic E-state index is -1.10. The molecule has 0 spiro atoms. The van der Waals surface area contributed by atoms with Crippen LogP contribution in [-0.4, -0.2) is 11.9 Å². The van der Waals surface area contributed by atoms with Crippen LogP contribution < -0.4 is 10.9 Å². The SMILES string of the molecule is CC(C)C(=O)O/N=c1\oc2ccccc2cc1C(=O)Nc1ccc(F)c(F)c1. The van der Waals surface area contributed by atoms with Gasteiger partial charge in [0, 0.05) is 17.1 Å². The van der Waals surface area contributed by atoms with Gasteiger partial charge in [0.15, 0.2) is 11.6 Å². The lowest BCUT2D eigenvalue weighted by molar-refractivity contribution is -0.148. The van der Waals surface area contributed by atoms with Gasteiger partial charge in [-0.15, -0.1) is 0 Å². The van der Waals surface area contributed by atoms with Crippen LogP contribution in [0.4, 0.5) is 14.5 Å². The van der Waals surface area contributed by atoms with Crippen molar-refractivity contribution in [1.82, 2.24) is 0 Å². The number of nitrogens with one attached hydrogen (secondary N) is 1. The molecule has 1 N–H and O–H groups in total. The van der Waals surface area contributed by atoms with Crippen LogP contribution in [0, 0.1) is 17.6 Å². The molecule has 0 fully saturated rings. The van der Waals surface area contributed by atoms with Crippen LogP contribution in [-0.2, 0) is 9.63 Å². The maximum absolute atomic E-state index is 13.4. The van der Waals surface area contributed by atoms with E-state index in [0.717, 1.165) is 12.1 Å². The third-order valence-electron chi connectivity index (χ3n) is 3.77. The second-order valence-corrected chi connectivity index (χ2v) is 6.24. The summed E-state index contributed by atoms with van der Waals surface area (Å²) in [5.74, 6) is -3.86. The number of carbonyl (C=O) groups excluding carboxylic acids is 2. The molecule has 6 nitrogen and oxygen atoms in total. The van der Waals surface area contributed by atoms with Gasteiger partial charge >= 0.3 is 5.97 Å². The molecule has 2 aromatic carbocycles. The Morgan fingerprint density at radius 2 is 1.82 bits per heavy atom. The first kappa shape index (κ1) is 19.2. The number of hydrogen-bond donors (Lipinski definition) is 1. The van der Waals surface area contributed by atoms with Gasteiger partial charge in [0.05, 0.1) is 5.92 Å². The summed E-state index contributed by atoms with van der Waals surface area (Å²) >= 11 is 0. The molecule has 3 aromatic rings. The number of amides is 1. The van der Waals surface area contributed by atoms with Gasteiger partial charge < -0.3 is 14.6 Å². The van der Waals surface area contributed by atoms with Crippen LogP contribution >= 0.6 is 0 Å². The van der Waals surface area contributed by atoms with E-state index in [9.17, 15) is 18.4 Å². The zero-order chi connectivity index (χ0) is 20.3. The number of halogens is 2. The normalized spacial score (nSPS) is 11.7. The van der Waals surface area contributed by atoms with Crippen molar-refractivity contribution in [3.05, 3.63) is 71.3 Å². The summed E-state index contributed by atoms with van der Waals surface area (Å²) in [7, 11) is 0. The molecule has 0 aliphatic heterocycles. The second kappa shape index (κ2) is 7.99. The third kappa shape index (κ3) is 4.22. The van der Waals surface area contributed by atoms with Crippen LogP contribution in [0.5, 0.6) is 0 Å².